The van der Waals surface area contributed by atoms with E-state index in [1.54, 1.807) is 0 Å². The number of benzene rings is 1. The third kappa shape index (κ3) is 3.55. The van der Waals surface area contributed by atoms with Gasteiger partial charge < -0.3 is 9.47 Å². The lowest BCUT2D eigenvalue weighted by molar-refractivity contribution is -0.155. The normalized spacial score (nSPS) is 22.4. The number of likely N-dealkylation sites (tertiary alicyclic amines) is 1. The first-order valence-electron chi connectivity index (χ1n) is 10.8. The molecule has 3 aliphatic heterocycles. The smallest absolute Gasteiger partial charge is 0.179 e. The molecule has 2 saturated heterocycles. The van der Waals surface area contributed by atoms with E-state index in [1.807, 2.05) is 30.5 Å². The van der Waals surface area contributed by atoms with Gasteiger partial charge in [0.2, 0.25) is 0 Å². The summed E-state index contributed by atoms with van der Waals surface area (Å²) in [6, 6.07) is 12.1. The Hall–Kier alpha value is -2.32. The number of hydrogen-bond acceptors (Lipinski definition) is 6. The SMILES string of the molecule is Clc1ccc2c(c1)CC1(Cc3nnc([C@H]4CCN(Cc5ccccn5)C4)n3-2)OCCO1. The molecule has 5 heterocycles. The van der Waals surface area contributed by atoms with Crippen LogP contribution in [0.2, 0.25) is 5.02 Å². The first-order valence-corrected chi connectivity index (χ1v) is 11.2. The largest absolute Gasteiger partial charge is 0.347 e. The maximum Gasteiger partial charge on any atom is 0.179 e. The lowest BCUT2D eigenvalue weighted by Gasteiger charge is -2.25. The van der Waals surface area contributed by atoms with Gasteiger partial charge in [-0.1, -0.05) is 17.7 Å². The fourth-order valence-electron chi connectivity index (χ4n) is 5.09. The van der Waals surface area contributed by atoms with Crippen LogP contribution in [0.1, 0.15) is 35.2 Å². The van der Waals surface area contributed by atoms with Crippen molar-refractivity contribution in [1.29, 1.82) is 0 Å². The van der Waals surface area contributed by atoms with Gasteiger partial charge in [-0.05, 0) is 48.9 Å². The molecule has 1 atom stereocenters. The van der Waals surface area contributed by atoms with Crippen LogP contribution in [0, 0.1) is 0 Å². The van der Waals surface area contributed by atoms with E-state index in [-0.39, 0.29) is 0 Å². The first kappa shape index (κ1) is 19.4. The van der Waals surface area contributed by atoms with Crippen molar-refractivity contribution in [2.75, 3.05) is 26.3 Å². The van der Waals surface area contributed by atoms with Gasteiger partial charge in [-0.3, -0.25) is 14.5 Å². The van der Waals surface area contributed by atoms with Crippen molar-refractivity contribution >= 4 is 11.6 Å². The van der Waals surface area contributed by atoms with Gasteiger partial charge in [0.15, 0.2) is 5.79 Å². The number of halogens is 1. The zero-order chi connectivity index (χ0) is 20.8. The van der Waals surface area contributed by atoms with Gasteiger partial charge >= 0.3 is 0 Å². The molecule has 7 nitrogen and oxygen atoms in total. The van der Waals surface area contributed by atoms with Crippen molar-refractivity contribution in [3.63, 3.8) is 0 Å². The Kier molecular flexibility index (Phi) is 4.79. The Morgan fingerprint density at radius 2 is 2.00 bits per heavy atom. The Morgan fingerprint density at radius 1 is 1.10 bits per heavy atom. The number of aromatic nitrogens is 4. The molecule has 2 fully saturated rings. The van der Waals surface area contributed by atoms with Crippen molar-refractivity contribution in [1.82, 2.24) is 24.6 Å². The molecule has 3 aliphatic rings. The standard InChI is InChI=1S/C23H24ClN5O2/c24-18-4-5-20-17(11-18)12-23(30-9-10-31-23)13-21-26-27-22(29(20)21)16-6-8-28(14-16)15-19-3-1-2-7-25-19/h1-5,7,11,16H,6,8-10,12-15H2/t16-/m0/s1. The Bertz CT molecular complexity index is 1100. The van der Waals surface area contributed by atoms with Gasteiger partial charge in [-0.2, -0.15) is 0 Å². The molecule has 3 aromatic rings. The third-order valence-corrected chi connectivity index (χ3v) is 6.72. The lowest BCUT2D eigenvalue weighted by atomic mass is 10.0. The second-order valence-corrected chi connectivity index (χ2v) is 9.02. The van der Waals surface area contributed by atoms with Crippen LogP contribution in [0.25, 0.3) is 5.69 Å². The van der Waals surface area contributed by atoms with E-state index in [9.17, 15) is 0 Å². The Labute approximate surface area is 186 Å². The average molecular weight is 438 g/mol. The topological polar surface area (TPSA) is 65.3 Å². The number of nitrogens with zero attached hydrogens (tertiary/aromatic N) is 5. The quantitative estimate of drug-likeness (QED) is 0.627. The maximum absolute atomic E-state index is 6.35. The molecule has 0 N–H and O–H groups in total. The molecule has 0 bridgehead atoms. The van der Waals surface area contributed by atoms with Gasteiger partial charge in [0.05, 0.1) is 31.0 Å². The second kappa shape index (κ2) is 7.67. The number of fused-ring (bicyclic) bond motifs is 3. The number of hydrogen-bond donors (Lipinski definition) is 0. The van der Waals surface area contributed by atoms with E-state index in [2.05, 4.69) is 36.8 Å². The van der Waals surface area contributed by atoms with Crippen LogP contribution in [-0.4, -0.2) is 56.7 Å². The summed E-state index contributed by atoms with van der Waals surface area (Å²) in [7, 11) is 0. The van der Waals surface area contributed by atoms with E-state index in [4.69, 9.17) is 21.1 Å². The molecule has 0 radical (unpaired) electrons. The Morgan fingerprint density at radius 3 is 2.84 bits per heavy atom. The summed E-state index contributed by atoms with van der Waals surface area (Å²) in [6.45, 7) is 4.02. The zero-order valence-electron chi connectivity index (χ0n) is 17.2. The Balaban J connectivity index is 1.34. The van der Waals surface area contributed by atoms with E-state index in [0.717, 1.165) is 54.6 Å². The third-order valence-electron chi connectivity index (χ3n) is 6.49. The zero-order valence-corrected chi connectivity index (χ0v) is 18.0. The molecule has 0 saturated carbocycles. The number of pyridine rings is 1. The summed E-state index contributed by atoms with van der Waals surface area (Å²) >= 11 is 6.35. The van der Waals surface area contributed by atoms with E-state index in [1.165, 1.54) is 0 Å². The van der Waals surface area contributed by atoms with Crippen molar-refractivity contribution in [3.8, 4) is 5.69 Å². The van der Waals surface area contributed by atoms with Gasteiger partial charge in [0.25, 0.3) is 0 Å². The summed E-state index contributed by atoms with van der Waals surface area (Å²) in [6.07, 6.45) is 4.14. The first-order chi connectivity index (χ1) is 15.2. The van der Waals surface area contributed by atoms with Gasteiger partial charge in [-0.15, -0.1) is 10.2 Å². The van der Waals surface area contributed by atoms with E-state index >= 15 is 0 Å². The van der Waals surface area contributed by atoms with E-state index < -0.39 is 5.79 Å². The van der Waals surface area contributed by atoms with Crippen molar-refractivity contribution < 1.29 is 9.47 Å². The molecule has 0 amide bonds. The minimum atomic E-state index is -0.682. The highest BCUT2D eigenvalue weighted by atomic mass is 35.5. The molecule has 8 heteroatoms. The molecule has 2 aromatic heterocycles. The second-order valence-electron chi connectivity index (χ2n) is 8.59. The minimum Gasteiger partial charge on any atom is -0.347 e. The van der Waals surface area contributed by atoms with Crippen LogP contribution in [-0.2, 0) is 28.9 Å². The molecular weight excluding hydrogens is 414 g/mol. The fraction of sp³-hybridized carbons (Fsp3) is 0.435. The predicted octanol–water partition coefficient (Wildman–Crippen LogP) is 3.15. The van der Waals surface area contributed by atoms with Crippen LogP contribution in [0.15, 0.2) is 42.6 Å². The van der Waals surface area contributed by atoms with Gasteiger partial charge in [0, 0.05) is 36.6 Å². The van der Waals surface area contributed by atoms with Crippen LogP contribution in [0.4, 0.5) is 0 Å². The molecular formula is C23H24ClN5O2. The highest BCUT2D eigenvalue weighted by Crippen LogP contribution is 2.38. The summed E-state index contributed by atoms with van der Waals surface area (Å²) in [5.41, 5.74) is 3.29. The average Bonchev–Trinajstić information content (AvgIpc) is 3.49. The fourth-order valence-corrected chi connectivity index (χ4v) is 5.28. The molecule has 6 rings (SSSR count). The molecule has 160 valence electrons. The van der Waals surface area contributed by atoms with Gasteiger partial charge in [-0.25, -0.2) is 0 Å². The van der Waals surface area contributed by atoms with Crippen molar-refractivity contribution in [2.45, 2.75) is 37.5 Å². The molecule has 1 aromatic carbocycles. The monoisotopic (exact) mass is 437 g/mol. The van der Waals surface area contributed by atoms with Crippen molar-refractivity contribution in [3.05, 3.63) is 70.5 Å². The van der Waals surface area contributed by atoms with Crippen LogP contribution in [0.5, 0.6) is 0 Å². The predicted molar refractivity (Wildman–Crippen MR) is 115 cm³/mol. The van der Waals surface area contributed by atoms with Crippen LogP contribution < -0.4 is 0 Å². The van der Waals surface area contributed by atoms with Crippen LogP contribution in [0.3, 0.4) is 0 Å². The van der Waals surface area contributed by atoms with Crippen molar-refractivity contribution in [2.24, 2.45) is 0 Å². The molecule has 31 heavy (non-hydrogen) atoms. The summed E-state index contributed by atoms with van der Waals surface area (Å²) in [5.74, 6) is 1.53. The van der Waals surface area contributed by atoms with Crippen LogP contribution >= 0.6 is 11.6 Å². The highest BCUT2D eigenvalue weighted by Gasteiger charge is 2.43. The number of ether oxygens (including phenoxy) is 2. The molecule has 0 aliphatic carbocycles. The lowest BCUT2D eigenvalue weighted by Crippen LogP contribution is -2.35. The highest BCUT2D eigenvalue weighted by molar-refractivity contribution is 6.30. The summed E-state index contributed by atoms with van der Waals surface area (Å²) < 4.78 is 14.4. The number of rotatable bonds is 3. The summed E-state index contributed by atoms with van der Waals surface area (Å²) in [5, 5.41) is 9.98. The minimum absolute atomic E-state index is 0.313. The summed E-state index contributed by atoms with van der Waals surface area (Å²) in [4.78, 5) is 6.92. The van der Waals surface area contributed by atoms with Gasteiger partial charge in [0.1, 0.15) is 11.6 Å². The molecule has 1 spiro atoms. The van der Waals surface area contributed by atoms with E-state index in [0.29, 0.717) is 37.0 Å². The maximum atomic E-state index is 6.35. The molecule has 0 unspecified atom stereocenters.